The minimum Gasteiger partial charge on any atom is -0.351 e. The molecule has 0 aliphatic carbocycles. The maximum atomic E-state index is 12.6. The highest BCUT2D eigenvalue weighted by molar-refractivity contribution is 7.14. The van der Waals surface area contributed by atoms with Crippen LogP contribution in [0, 0.1) is 10.1 Å². The highest BCUT2D eigenvalue weighted by atomic mass is 32.1. The second-order valence-electron chi connectivity index (χ2n) is 5.74. The van der Waals surface area contributed by atoms with Gasteiger partial charge in [-0.05, 0) is 18.2 Å². The van der Waals surface area contributed by atoms with Crippen molar-refractivity contribution in [2.45, 2.75) is 20.0 Å². The van der Waals surface area contributed by atoms with Crippen LogP contribution in [0.2, 0.25) is 0 Å². The van der Waals surface area contributed by atoms with Crippen molar-refractivity contribution in [3.05, 3.63) is 66.9 Å². The maximum Gasteiger partial charge on any atom is 0.270 e. The average molecular weight is 386 g/mol. The van der Waals surface area contributed by atoms with Crippen LogP contribution in [-0.2, 0) is 17.9 Å². The third-order valence-corrected chi connectivity index (χ3v) is 4.91. The summed E-state index contributed by atoms with van der Waals surface area (Å²) in [6.07, 6.45) is 1.25. The van der Waals surface area contributed by atoms with E-state index in [0.717, 1.165) is 15.5 Å². The molecule has 0 saturated heterocycles. The monoisotopic (exact) mass is 386 g/mol. The van der Waals surface area contributed by atoms with Crippen LogP contribution in [0.4, 0.5) is 5.69 Å². The van der Waals surface area contributed by atoms with Gasteiger partial charge in [-0.1, -0.05) is 0 Å². The quantitative estimate of drug-likeness (QED) is 0.392. The molecule has 10 heteroatoms. The van der Waals surface area contributed by atoms with Crippen molar-refractivity contribution in [2.75, 3.05) is 0 Å². The molecule has 9 nitrogen and oxygen atoms in total. The van der Waals surface area contributed by atoms with E-state index >= 15 is 0 Å². The smallest absolute Gasteiger partial charge is 0.270 e. The fourth-order valence-electron chi connectivity index (χ4n) is 2.44. The number of nitro benzene ring substituents is 1. The minimum absolute atomic E-state index is 0.0806. The molecule has 1 N–H and O–H groups in total. The maximum absolute atomic E-state index is 12.6. The molecule has 0 fully saturated rings. The number of thiophene rings is 1. The molecule has 3 aromatic rings. The lowest BCUT2D eigenvalue weighted by atomic mass is 10.2. The Bertz CT molecular complexity index is 1120. The molecule has 0 atom stereocenters. The van der Waals surface area contributed by atoms with Crippen molar-refractivity contribution in [3.8, 4) is 0 Å². The van der Waals surface area contributed by atoms with Crippen molar-refractivity contribution in [2.24, 2.45) is 0 Å². The van der Waals surface area contributed by atoms with Gasteiger partial charge in [0.25, 0.3) is 11.2 Å². The first-order chi connectivity index (χ1) is 12.8. The summed E-state index contributed by atoms with van der Waals surface area (Å²) in [7, 11) is 0. The Balaban J connectivity index is 1.84. The molecule has 1 amide bonds. The molecule has 0 aliphatic rings. The normalized spacial score (nSPS) is 10.7. The lowest BCUT2D eigenvalue weighted by molar-refractivity contribution is -0.384. The molecule has 0 radical (unpaired) electrons. The SMILES string of the molecule is CC(=O)NCc1ccc(C(=O)Cn2cnc3ccc([N+](=O)[O-])cc3c2=O)s1. The van der Waals surface area contributed by atoms with Gasteiger partial charge >= 0.3 is 0 Å². The second kappa shape index (κ2) is 7.46. The first-order valence-corrected chi connectivity index (χ1v) is 8.67. The molecular weight excluding hydrogens is 372 g/mol. The van der Waals surface area contributed by atoms with E-state index in [4.69, 9.17) is 0 Å². The van der Waals surface area contributed by atoms with E-state index in [1.807, 2.05) is 0 Å². The van der Waals surface area contributed by atoms with Gasteiger partial charge in [-0.15, -0.1) is 11.3 Å². The molecule has 0 spiro atoms. The number of fused-ring (bicyclic) bond motifs is 1. The first-order valence-electron chi connectivity index (χ1n) is 7.85. The Morgan fingerprint density at radius 3 is 2.78 bits per heavy atom. The Labute approximate surface area is 156 Å². The number of hydrogen-bond donors (Lipinski definition) is 1. The van der Waals surface area contributed by atoms with Gasteiger partial charge in [-0.25, -0.2) is 4.98 Å². The molecule has 1 aromatic carbocycles. The summed E-state index contributed by atoms with van der Waals surface area (Å²) in [5, 5.41) is 13.6. The van der Waals surface area contributed by atoms with Gasteiger partial charge < -0.3 is 5.32 Å². The number of nitro groups is 1. The number of ketones is 1. The van der Waals surface area contributed by atoms with Crippen LogP contribution in [0.15, 0.2) is 41.5 Å². The second-order valence-corrected chi connectivity index (χ2v) is 6.90. The number of carbonyl (C=O) groups excluding carboxylic acids is 2. The predicted molar refractivity (Wildman–Crippen MR) is 98.8 cm³/mol. The van der Waals surface area contributed by atoms with Crippen molar-refractivity contribution in [1.82, 2.24) is 14.9 Å². The number of nitrogens with one attached hydrogen (secondary N) is 1. The highest BCUT2D eigenvalue weighted by Crippen LogP contribution is 2.18. The van der Waals surface area contributed by atoms with Crippen LogP contribution in [0.3, 0.4) is 0 Å². The summed E-state index contributed by atoms with van der Waals surface area (Å²) in [6.45, 7) is 1.50. The summed E-state index contributed by atoms with van der Waals surface area (Å²) in [6, 6.07) is 7.19. The largest absolute Gasteiger partial charge is 0.351 e. The third kappa shape index (κ3) is 4.06. The topological polar surface area (TPSA) is 124 Å². The third-order valence-electron chi connectivity index (χ3n) is 3.78. The lowest BCUT2D eigenvalue weighted by Crippen LogP contribution is -2.24. The van der Waals surface area contributed by atoms with E-state index in [2.05, 4.69) is 10.3 Å². The summed E-state index contributed by atoms with van der Waals surface area (Å²) < 4.78 is 1.13. The lowest BCUT2D eigenvalue weighted by Gasteiger charge is -2.05. The summed E-state index contributed by atoms with van der Waals surface area (Å²) in [5.74, 6) is -0.457. The van der Waals surface area contributed by atoms with E-state index in [0.29, 0.717) is 16.9 Å². The predicted octanol–water partition coefficient (Wildman–Crippen LogP) is 1.89. The van der Waals surface area contributed by atoms with Crippen LogP contribution in [0.25, 0.3) is 10.9 Å². The molecule has 138 valence electrons. The number of carbonyl (C=O) groups is 2. The number of nitrogens with zero attached hydrogens (tertiary/aromatic N) is 3. The number of non-ortho nitro benzene ring substituents is 1. The molecule has 0 saturated carbocycles. The van der Waals surface area contributed by atoms with Crippen molar-refractivity contribution >= 4 is 39.6 Å². The molecular formula is C17H14N4O5S. The van der Waals surface area contributed by atoms with E-state index < -0.39 is 10.5 Å². The van der Waals surface area contributed by atoms with Gasteiger partial charge in [0.2, 0.25) is 5.91 Å². The fourth-order valence-corrected chi connectivity index (χ4v) is 3.32. The van der Waals surface area contributed by atoms with E-state index in [9.17, 15) is 24.5 Å². The molecule has 3 rings (SSSR count). The molecule has 27 heavy (non-hydrogen) atoms. The van der Waals surface area contributed by atoms with Crippen molar-refractivity contribution < 1.29 is 14.5 Å². The number of rotatable bonds is 6. The van der Waals surface area contributed by atoms with Crippen LogP contribution < -0.4 is 10.9 Å². The molecule has 2 heterocycles. The standard InChI is InChI=1S/C17H14N4O5S/c1-10(22)18-7-12-3-5-16(27-12)15(23)8-20-9-19-14-4-2-11(21(25)26)6-13(14)17(20)24/h2-6,9H,7-8H2,1H3,(H,18,22). The minimum atomic E-state index is -0.594. The number of hydrogen-bond acceptors (Lipinski definition) is 7. The molecule has 0 bridgehead atoms. The van der Waals surface area contributed by atoms with Crippen LogP contribution in [-0.4, -0.2) is 26.2 Å². The van der Waals surface area contributed by atoms with E-state index in [1.54, 1.807) is 12.1 Å². The van der Waals surface area contributed by atoms with Gasteiger partial charge in [-0.3, -0.25) is 29.1 Å². The van der Waals surface area contributed by atoms with Gasteiger partial charge in [0.15, 0.2) is 5.78 Å². The van der Waals surface area contributed by atoms with Crippen molar-refractivity contribution in [1.29, 1.82) is 0 Å². The summed E-state index contributed by atoms with van der Waals surface area (Å²) >= 11 is 1.23. The van der Waals surface area contributed by atoms with Gasteiger partial charge in [0.05, 0.1) is 40.1 Å². The number of amides is 1. The zero-order chi connectivity index (χ0) is 19.6. The van der Waals surface area contributed by atoms with E-state index in [1.165, 1.54) is 36.7 Å². The van der Waals surface area contributed by atoms with Crippen LogP contribution >= 0.6 is 11.3 Å². The van der Waals surface area contributed by atoms with Crippen LogP contribution in [0.1, 0.15) is 21.5 Å². The zero-order valence-corrected chi connectivity index (χ0v) is 15.0. The Kier molecular flexibility index (Phi) is 5.08. The highest BCUT2D eigenvalue weighted by Gasteiger charge is 2.15. The van der Waals surface area contributed by atoms with Crippen LogP contribution in [0.5, 0.6) is 0 Å². The Morgan fingerprint density at radius 1 is 1.30 bits per heavy atom. The van der Waals surface area contributed by atoms with Gasteiger partial charge in [0, 0.05) is 23.9 Å². The molecule has 0 aliphatic heterocycles. The van der Waals surface area contributed by atoms with E-state index in [-0.39, 0.29) is 29.3 Å². The van der Waals surface area contributed by atoms with Gasteiger partial charge in [-0.2, -0.15) is 0 Å². The average Bonchev–Trinajstić information content (AvgIpc) is 3.11. The summed E-state index contributed by atoms with van der Waals surface area (Å²) in [4.78, 5) is 51.6. The summed E-state index contributed by atoms with van der Waals surface area (Å²) in [5.41, 5.74) is -0.415. The molecule has 0 unspecified atom stereocenters. The fraction of sp³-hybridized carbons (Fsp3) is 0.176. The Morgan fingerprint density at radius 2 is 2.07 bits per heavy atom. The Hall–Kier alpha value is -3.40. The number of benzene rings is 1. The first kappa shape index (κ1) is 18.4. The molecule has 2 aromatic heterocycles. The van der Waals surface area contributed by atoms with Gasteiger partial charge in [0.1, 0.15) is 0 Å². The zero-order valence-electron chi connectivity index (χ0n) is 14.2. The van der Waals surface area contributed by atoms with Crippen molar-refractivity contribution in [3.63, 3.8) is 0 Å². The number of aromatic nitrogens is 2. The number of Topliss-reactive ketones (excluding diaryl/α,β-unsaturated/α-hetero) is 1.